The molecule has 0 aromatic heterocycles. The zero-order valence-electron chi connectivity index (χ0n) is 8.40. The lowest BCUT2D eigenvalue weighted by Gasteiger charge is -2.00. The van der Waals surface area contributed by atoms with E-state index in [4.69, 9.17) is 5.11 Å². The summed E-state index contributed by atoms with van der Waals surface area (Å²) in [6, 6.07) is 6.33. The minimum absolute atomic E-state index is 0.0550. The summed E-state index contributed by atoms with van der Waals surface area (Å²) in [5, 5.41) is 11.8. The Balaban J connectivity index is 2.26. The van der Waals surface area contributed by atoms with Gasteiger partial charge < -0.3 is 10.4 Å². The number of aromatic hydroxyl groups is 1. The van der Waals surface area contributed by atoms with E-state index in [1.165, 1.54) is 0 Å². The van der Waals surface area contributed by atoms with Crippen LogP contribution >= 0.6 is 0 Å². The van der Waals surface area contributed by atoms with Gasteiger partial charge in [0.15, 0.2) is 0 Å². The van der Waals surface area contributed by atoms with Gasteiger partial charge in [0.2, 0.25) is 5.91 Å². The third-order valence-electron chi connectivity index (χ3n) is 2.36. The number of hydrogen-bond donors (Lipinski definition) is 2. The van der Waals surface area contributed by atoms with Crippen molar-refractivity contribution in [2.24, 2.45) is 4.99 Å². The van der Waals surface area contributed by atoms with E-state index in [1.54, 1.807) is 24.3 Å². The molecule has 4 heteroatoms. The highest BCUT2D eigenvalue weighted by molar-refractivity contribution is 6.13. The van der Waals surface area contributed by atoms with Crippen LogP contribution in [0.3, 0.4) is 0 Å². The molecule has 15 heavy (non-hydrogen) atoms. The zero-order valence-corrected chi connectivity index (χ0v) is 8.40. The van der Waals surface area contributed by atoms with E-state index in [2.05, 4.69) is 10.3 Å². The largest absolute Gasteiger partial charge is 0.508 e. The molecule has 1 aliphatic rings. The van der Waals surface area contributed by atoms with Crippen LogP contribution in [0, 0.1) is 0 Å². The Hall–Kier alpha value is -1.84. The number of amidine groups is 1. The van der Waals surface area contributed by atoms with Gasteiger partial charge >= 0.3 is 0 Å². The van der Waals surface area contributed by atoms with Gasteiger partial charge in [-0.3, -0.25) is 9.79 Å². The lowest BCUT2D eigenvalue weighted by atomic mass is 10.2. The van der Waals surface area contributed by atoms with Crippen molar-refractivity contribution >= 4 is 11.7 Å². The Labute approximate surface area is 87.7 Å². The summed E-state index contributed by atoms with van der Waals surface area (Å²) in [6.07, 6.45) is 0.702. The molecule has 0 bridgehead atoms. The molecule has 0 saturated heterocycles. The molecule has 1 heterocycles. The van der Waals surface area contributed by atoms with E-state index in [0.29, 0.717) is 12.3 Å². The van der Waals surface area contributed by atoms with Gasteiger partial charge in [-0.15, -0.1) is 0 Å². The second kappa shape index (κ2) is 3.73. The Morgan fingerprint density at radius 2 is 2.07 bits per heavy atom. The molecular formula is C11H12N2O2. The van der Waals surface area contributed by atoms with Crippen LogP contribution in [0.1, 0.15) is 18.9 Å². The molecule has 0 radical (unpaired) electrons. The summed E-state index contributed by atoms with van der Waals surface area (Å²) < 4.78 is 0. The molecule has 1 aliphatic heterocycles. The van der Waals surface area contributed by atoms with Crippen molar-refractivity contribution in [3.05, 3.63) is 29.8 Å². The van der Waals surface area contributed by atoms with Crippen molar-refractivity contribution < 1.29 is 9.90 Å². The first-order chi connectivity index (χ1) is 7.20. The maximum atomic E-state index is 11.4. The number of nitrogens with one attached hydrogen (secondary N) is 1. The van der Waals surface area contributed by atoms with Gasteiger partial charge in [0.25, 0.3) is 0 Å². The summed E-state index contributed by atoms with van der Waals surface area (Å²) in [5.41, 5.74) is 0.817. The predicted molar refractivity (Wildman–Crippen MR) is 56.9 cm³/mol. The molecule has 2 rings (SSSR count). The van der Waals surface area contributed by atoms with Crippen LogP contribution in [0.5, 0.6) is 5.75 Å². The number of carbonyl (C=O) groups excluding carboxylic acids is 1. The third kappa shape index (κ3) is 1.83. The van der Waals surface area contributed by atoms with Crippen molar-refractivity contribution in [1.29, 1.82) is 0 Å². The summed E-state index contributed by atoms with van der Waals surface area (Å²) in [6.45, 7) is 1.92. The minimum Gasteiger partial charge on any atom is -0.508 e. The first kappa shape index (κ1) is 9.71. The van der Waals surface area contributed by atoms with Gasteiger partial charge in [-0.2, -0.15) is 0 Å². The SMILES string of the molecule is CCC1N=C(c2ccc(O)cc2)NC1=O. The van der Waals surface area contributed by atoms with E-state index in [1.807, 2.05) is 6.92 Å². The lowest BCUT2D eigenvalue weighted by Crippen LogP contribution is -2.28. The average Bonchev–Trinajstić information content (AvgIpc) is 2.61. The molecular weight excluding hydrogens is 192 g/mol. The van der Waals surface area contributed by atoms with Gasteiger partial charge in [-0.1, -0.05) is 6.92 Å². The molecule has 2 N–H and O–H groups in total. The number of amides is 1. The lowest BCUT2D eigenvalue weighted by molar-refractivity contribution is -0.120. The number of carbonyl (C=O) groups is 1. The Bertz CT molecular complexity index is 409. The molecule has 0 fully saturated rings. The monoisotopic (exact) mass is 204 g/mol. The number of aliphatic imine (C=N–C) groups is 1. The molecule has 4 nitrogen and oxygen atoms in total. The van der Waals surface area contributed by atoms with Crippen LogP contribution in [0.2, 0.25) is 0 Å². The molecule has 0 aliphatic carbocycles. The fourth-order valence-electron chi connectivity index (χ4n) is 1.49. The van der Waals surface area contributed by atoms with Gasteiger partial charge in [0, 0.05) is 5.56 Å². The highest BCUT2D eigenvalue weighted by atomic mass is 16.3. The number of nitrogens with zero attached hydrogens (tertiary/aromatic N) is 1. The van der Waals surface area contributed by atoms with Gasteiger partial charge in [-0.05, 0) is 30.7 Å². The molecule has 78 valence electrons. The smallest absolute Gasteiger partial charge is 0.250 e. The molecule has 0 spiro atoms. The van der Waals surface area contributed by atoms with Crippen LogP contribution in [0.4, 0.5) is 0 Å². The van der Waals surface area contributed by atoms with Gasteiger partial charge in [0.1, 0.15) is 17.6 Å². The van der Waals surface area contributed by atoms with Crippen molar-refractivity contribution in [2.75, 3.05) is 0 Å². The van der Waals surface area contributed by atoms with Gasteiger partial charge in [-0.25, -0.2) is 0 Å². The van der Waals surface area contributed by atoms with Crippen molar-refractivity contribution in [3.8, 4) is 5.75 Å². The topological polar surface area (TPSA) is 61.7 Å². The maximum absolute atomic E-state index is 11.4. The average molecular weight is 204 g/mol. The molecule has 1 atom stereocenters. The number of benzene rings is 1. The van der Waals surface area contributed by atoms with Crippen molar-refractivity contribution in [2.45, 2.75) is 19.4 Å². The van der Waals surface area contributed by atoms with E-state index < -0.39 is 0 Å². The molecule has 1 aromatic rings. The first-order valence-electron chi connectivity index (χ1n) is 4.88. The van der Waals surface area contributed by atoms with Crippen LogP contribution < -0.4 is 5.32 Å². The normalized spacial score (nSPS) is 19.9. The fourth-order valence-corrected chi connectivity index (χ4v) is 1.49. The minimum atomic E-state index is -0.270. The fraction of sp³-hybridized carbons (Fsp3) is 0.273. The third-order valence-corrected chi connectivity index (χ3v) is 2.36. The highest BCUT2D eigenvalue weighted by Gasteiger charge is 2.24. The number of hydrogen-bond acceptors (Lipinski definition) is 3. The van der Waals surface area contributed by atoms with E-state index in [0.717, 1.165) is 5.56 Å². The summed E-state index contributed by atoms with van der Waals surface area (Å²) in [7, 11) is 0. The number of phenolic OH excluding ortho intramolecular Hbond substituents is 1. The van der Waals surface area contributed by atoms with Crippen LogP contribution in [0.25, 0.3) is 0 Å². The standard InChI is InChI=1S/C11H12N2O2/c1-2-9-11(15)13-10(12-9)7-3-5-8(14)6-4-7/h3-6,9,14H,2H2,1H3,(H,12,13,15). The first-order valence-corrected chi connectivity index (χ1v) is 4.88. The van der Waals surface area contributed by atoms with Crippen molar-refractivity contribution in [3.63, 3.8) is 0 Å². The van der Waals surface area contributed by atoms with Crippen LogP contribution in [-0.4, -0.2) is 22.9 Å². The Kier molecular flexibility index (Phi) is 2.41. The molecule has 1 amide bonds. The second-order valence-electron chi connectivity index (χ2n) is 3.44. The number of phenols is 1. The zero-order chi connectivity index (χ0) is 10.8. The maximum Gasteiger partial charge on any atom is 0.250 e. The van der Waals surface area contributed by atoms with Crippen molar-refractivity contribution in [1.82, 2.24) is 5.32 Å². The van der Waals surface area contributed by atoms with Crippen LogP contribution in [-0.2, 0) is 4.79 Å². The summed E-state index contributed by atoms with van der Waals surface area (Å²) in [5.74, 6) is 0.739. The molecule has 1 unspecified atom stereocenters. The van der Waals surface area contributed by atoms with Gasteiger partial charge in [0.05, 0.1) is 0 Å². The molecule has 0 saturated carbocycles. The van der Waals surface area contributed by atoms with E-state index in [9.17, 15) is 4.79 Å². The summed E-state index contributed by atoms with van der Waals surface area (Å²) in [4.78, 5) is 15.6. The quantitative estimate of drug-likeness (QED) is 0.756. The van der Waals surface area contributed by atoms with E-state index >= 15 is 0 Å². The Morgan fingerprint density at radius 3 is 2.60 bits per heavy atom. The number of rotatable bonds is 2. The summed E-state index contributed by atoms with van der Waals surface area (Å²) >= 11 is 0. The van der Waals surface area contributed by atoms with E-state index in [-0.39, 0.29) is 17.7 Å². The highest BCUT2D eigenvalue weighted by Crippen LogP contribution is 2.13. The van der Waals surface area contributed by atoms with Crippen LogP contribution in [0.15, 0.2) is 29.3 Å². The Morgan fingerprint density at radius 1 is 1.40 bits per heavy atom. The predicted octanol–water partition coefficient (Wildman–Crippen LogP) is 1.05. The second-order valence-corrected chi connectivity index (χ2v) is 3.44. The molecule has 1 aromatic carbocycles.